The first-order chi connectivity index (χ1) is 11.6. The van der Waals surface area contributed by atoms with E-state index in [4.69, 9.17) is 25.8 Å². The highest BCUT2D eigenvalue weighted by Gasteiger charge is 2.54. The predicted octanol–water partition coefficient (Wildman–Crippen LogP) is 3.01. The van der Waals surface area contributed by atoms with Crippen LogP contribution in [0.4, 0.5) is 0 Å². The Morgan fingerprint density at radius 3 is 2.96 bits per heavy atom. The fourth-order valence-electron chi connectivity index (χ4n) is 3.62. The van der Waals surface area contributed by atoms with Crippen molar-refractivity contribution < 1.29 is 19.0 Å². The lowest BCUT2D eigenvalue weighted by molar-refractivity contribution is -0.120. The van der Waals surface area contributed by atoms with Gasteiger partial charge in [0.1, 0.15) is 11.4 Å². The Balaban J connectivity index is 1.64. The van der Waals surface area contributed by atoms with Gasteiger partial charge in [0.25, 0.3) is 5.91 Å². The van der Waals surface area contributed by atoms with Crippen molar-refractivity contribution in [1.82, 2.24) is 4.90 Å². The fourth-order valence-corrected chi connectivity index (χ4v) is 3.82. The number of ether oxygens (including phenoxy) is 3. The lowest BCUT2D eigenvalue weighted by Crippen LogP contribution is -2.66. The molecule has 1 amide bonds. The maximum atomic E-state index is 12.7. The van der Waals surface area contributed by atoms with Crippen LogP contribution in [0, 0.1) is 5.92 Å². The number of carbonyl (C=O) groups is 1. The van der Waals surface area contributed by atoms with Crippen LogP contribution in [0.25, 0.3) is 0 Å². The molecule has 1 aromatic carbocycles. The van der Waals surface area contributed by atoms with E-state index in [9.17, 15) is 4.79 Å². The Kier molecular flexibility index (Phi) is 5.33. The van der Waals surface area contributed by atoms with Crippen molar-refractivity contribution in [3.05, 3.63) is 28.8 Å². The number of rotatable bonds is 6. The van der Waals surface area contributed by atoms with Crippen LogP contribution in [0.15, 0.2) is 18.2 Å². The minimum absolute atomic E-state index is 0.0661. The zero-order chi connectivity index (χ0) is 17.2. The minimum atomic E-state index is -0.196. The molecule has 5 nitrogen and oxygen atoms in total. The Labute approximate surface area is 147 Å². The number of nitrogens with zero attached hydrogens (tertiary/aromatic N) is 1. The molecule has 0 radical (unpaired) electrons. The SMILES string of the molecule is CCOCC[C@@H]1CCOC12CN(C(=O)c1cc(OC)ccc1Cl)C2. The summed E-state index contributed by atoms with van der Waals surface area (Å²) in [6.45, 7) is 5.50. The van der Waals surface area contributed by atoms with Crippen molar-refractivity contribution in [3.8, 4) is 5.75 Å². The summed E-state index contributed by atoms with van der Waals surface area (Å²) in [5.74, 6) is 1.02. The number of halogens is 1. The van der Waals surface area contributed by atoms with Crippen molar-refractivity contribution >= 4 is 17.5 Å². The number of methoxy groups -OCH3 is 1. The number of carbonyl (C=O) groups excluding carboxylic acids is 1. The molecule has 24 heavy (non-hydrogen) atoms. The zero-order valence-electron chi connectivity index (χ0n) is 14.2. The second-order valence-electron chi connectivity index (χ2n) is 6.39. The molecule has 0 bridgehead atoms. The summed E-state index contributed by atoms with van der Waals surface area (Å²) in [5.41, 5.74) is 0.285. The summed E-state index contributed by atoms with van der Waals surface area (Å²) in [6.07, 6.45) is 2.02. The molecule has 1 atom stereocenters. The molecule has 2 aliphatic heterocycles. The molecule has 0 aromatic heterocycles. The highest BCUT2D eigenvalue weighted by Crippen LogP contribution is 2.42. The Morgan fingerprint density at radius 1 is 1.46 bits per heavy atom. The molecular weight excluding hydrogens is 330 g/mol. The van der Waals surface area contributed by atoms with Gasteiger partial charge in [-0.25, -0.2) is 0 Å². The molecule has 6 heteroatoms. The van der Waals surface area contributed by atoms with Crippen molar-refractivity contribution in [2.75, 3.05) is 40.0 Å². The average Bonchev–Trinajstić information content (AvgIpc) is 2.97. The Bertz CT molecular complexity index is 601. The van der Waals surface area contributed by atoms with Crippen LogP contribution >= 0.6 is 11.6 Å². The van der Waals surface area contributed by atoms with Gasteiger partial charge < -0.3 is 19.1 Å². The summed E-state index contributed by atoms with van der Waals surface area (Å²) < 4.78 is 16.7. The van der Waals surface area contributed by atoms with Crippen LogP contribution in [-0.4, -0.2) is 56.4 Å². The van der Waals surface area contributed by atoms with E-state index in [1.165, 1.54) is 0 Å². The van der Waals surface area contributed by atoms with Crippen molar-refractivity contribution in [1.29, 1.82) is 0 Å². The van der Waals surface area contributed by atoms with Gasteiger partial charge in [0.05, 0.1) is 30.8 Å². The van der Waals surface area contributed by atoms with E-state index in [1.54, 1.807) is 30.2 Å². The highest BCUT2D eigenvalue weighted by atomic mass is 35.5. The molecule has 2 heterocycles. The van der Waals surface area contributed by atoms with Crippen LogP contribution in [0.5, 0.6) is 5.75 Å². The molecule has 0 unspecified atom stereocenters. The van der Waals surface area contributed by atoms with E-state index in [-0.39, 0.29) is 11.5 Å². The van der Waals surface area contributed by atoms with Crippen LogP contribution in [0.3, 0.4) is 0 Å². The lowest BCUT2D eigenvalue weighted by atomic mass is 9.79. The van der Waals surface area contributed by atoms with Gasteiger partial charge in [-0.3, -0.25) is 4.79 Å². The van der Waals surface area contributed by atoms with Gasteiger partial charge in [0.2, 0.25) is 0 Å². The minimum Gasteiger partial charge on any atom is -0.497 e. The van der Waals surface area contributed by atoms with E-state index >= 15 is 0 Å². The molecule has 1 aromatic rings. The zero-order valence-corrected chi connectivity index (χ0v) is 15.0. The first-order valence-electron chi connectivity index (χ1n) is 8.44. The Hall–Kier alpha value is -1.30. The maximum absolute atomic E-state index is 12.7. The molecule has 2 aliphatic rings. The van der Waals surface area contributed by atoms with E-state index in [0.29, 0.717) is 35.3 Å². The second-order valence-corrected chi connectivity index (χ2v) is 6.80. The molecule has 2 fully saturated rings. The van der Waals surface area contributed by atoms with Crippen molar-refractivity contribution in [3.63, 3.8) is 0 Å². The van der Waals surface area contributed by atoms with Gasteiger partial charge in [-0.15, -0.1) is 0 Å². The quantitative estimate of drug-likeness (QED) is 0.738. The third-order valence-corrected chi connectivity index (χ3v) is 5.35. The fraction of sp³-hybridized carbons (Fsp3) is 0.611. The number of hydrogen-bond donors (Lipinski definition) is 0. The molecule has 3 rings (SSSR count). The van der Waals surface area contributed by atoms with Crippen molar-refractivity contribution in [2.24, 2.45) is 5.92 Å². The third kappa shape index (κ3) is 3.25. The molecular formula is C18H24ClNO4. The highest BCUT2D eigenvalue weighted by molar-refractivity contribution is 6.33. The number of hydrogen-bond acceptors (Lipinski definition) is 4. The Morgan fingerprint density at radius 2 is 2.25 bits per heavy atom. The standard InChI is InChI=1S/C18H24ClNO4/c1-3-23-8-6-13-7-9-24-18(13)11-20(12-18)17(21)15-10-14(22-2)4-5-16(15)19/h4-5,10,13H,3,6-9,11-12H2,1-2H3/t13-/m1/s1. The third-order valence-electron chi connectivity index (χ3n) is 5.02. The monoisotopic (exact) mass is 353 g/mol. The summed E-state index contributed by atoms with van der Waals surface area (Å²) in [6, 6.07) is 5.14. The summed E-state index contributed by atoms with van der Waals surface area (Å²) >= 11 is 6.19. The van der Waals surface area contributed by atoms with Crippen LogP contribution in [0.2, 0.25) is 5.02 Å². The summed E-state index contributed by atoms with van der Waals surface area (Å²) in [7, 11) is 1.57. The number of benzene rings is 1. The van der Waals surface area contributed by atoms with Gasteiger partial charge in [-0.05, 0) is 43.9 Å². The second kappa shape index (κ2) is 7.30. The van der Waals surface area contributed by atoms with Gasteiger partial charge in [-0.1, -0.05) is 11.6 Å². The maximum Gasteiger partial charge on any atom is 0.255 e. The largest absolute Gasteiger partial charge is 0.497 e. The van der Waals surface area contributed by atoms with E-state index in [2.05, 4.69) is 0 Å². The first-order valence-corrected chi connectivity index (χ1v) is 8.82. The average molecular weight is 354 g/mol. The summed E-state index contributed by atoms with van der Waals surface area (Å²) in [4.78, 5) is 14.5. The molecule has 1 spiro atoms. The van der Waals surface area contributed by atoms with E-state index in [1.807, 2.05) is 6.92 Å². The van der Waals surface area contributed by atoms with E-state index in [0.717, 1.165) is 32.7 Å². The van der Waals surface area contributed by atoms with Crippen LogP contribution < -0.4 is 4.74 Å². The lowest BCUT2D eigenvalue weighted by Gasteiger charge is -2.50. The normalized spacial score (nSPS) is 21.8. The number of likely N-dealkylation sites (tertiary alicyclic amines) is 1. The molecule has 0 N–H and O–H groups in total. The van der Waals surface area contributed by atoms with Crippen molar-refractivity contribution in [2.45, 2.75) is 25.4 Å². The molecule has 2 saturated heterocycles. The molecule has 132 valence electrons. The van der Waals surface area contributed by atoms with Crippen LogP contribution in [-0.2, 0) is 9.47 Å². The smallest absolute Gasteiger partial charge is 0.255 e. The van der Waals surface area contributed by atoms with Gasteiger partial charge in [0, 0.05) is 19.8 Å². The number of amides is 1. The summed E-state index contributed by atoms with van der Waals surface area (Å²) in [5, 5.41) is 0.446. The first kappa shape index (κ1) is 17.5. The van der Waals surface area contributed by atoms with Gasteiger partial charge in [0.15, 0.2) is 0 Å². The molecule has 0 saturated carbocycles. The van der Waals surface area contributed by atoms with Crippen LogP contribution in [0.1, 0.15) is 30.1 Å². The van der Waals surface area contributed by atoms with Gasteiger partial charge >= 0.3 is 0 Å². The molecule has 0 aliphatic carbocycles. The van der Waals surface area contributed by atoms with Gasteiger partial charge in [-0.2, -0.15) is 0 Å². The predicted molar refractivity (Wildman–Crippen MR) is 91.8 cm³/mol. The van der Waals surface area contributed by atoms with E-state index < -0.39 is 0 Å². The topological polar surface area (TPSA) is 48.0 Å².